The standard InChI is InChI=1S/C18H32N2O4Si/c1-6-23-25(5,24-7-2)16-13-19-18(21)22-15-14-20(3,4)17-11-9-8-10-12-17/h8-12H,6-7,13-16H2,1-5H3/p+1. The van der Waals surface area contributed by atoms with Crippen molar-refractivity contribution in [2.24, 2.45) is 0 Å². The molecular formula is C18H33N2O4Si+. The van der Waals surface area contributed by atoms with Gasteiger partial charge in [-0.2, -0.15) is 0 Å². The summed E-state index contributed by atoms with van der Waals surface area (Å²) in [6, 6.07) is 10.9. The van der Waals surface area contributed by atoms with E-state index in [0.29, 0.717) is 43.4 Å². The van der Waals surface area contributed by atoms with Crippen molar-refractivity contribution in [2.75, 3.05) is 47.0 Å². The second-order valence-electron chi connectivity index (χ2n) is 6.56. The Labute approximate surface area is 152 Å². The van der Waals surface area contributed by atoms with Crippen LogP contribution in [0.3, 0.4) is 0 Å². The largest absolute Gasteiger partial charge is 0.444 e. The fourth-order valence-corrected chi connectivity index (χ4v) is 4.74. The van der Waals surface area contributed by atoms with Crippen LogP contribution in [0.1, 0.15) is 13.8 Å². The third-order valence-electron chi connectivity index (χ3n) is 4.09. The molecule has 0 radical (unpaired) electrons. The molecule has 0 saturated carbocycles. The predicted octanol–water partition coefficient (Wildman–Crippen LogP) is 3.12. The van der Waals surface area contributed by atoms with Gasteiger partial charge in [-0.1, -0.05) is 18.2 Å². The highest BCUT2D eigenvalue weighted by Gasteiger charge is 2.30. The monoisotopic (exact) mass is 369 g/mol. The summed E-state index contributed by atoms with van der Waals surface area (Å²) in [4.78, 5) is 11.9. The van der Waals surface area contributed by atoms with E-state index in [1.807, 2.05) is 38.6 Å². The molecule has 0 bridgehead atoms. The number of carbonyl (C=O) groups excluding carboxylic acids is 1. The van der Waals surface area contributed by atoms with Gasteiger partial charge in [-0.15, -0.1) is 0 Å². The molecule has 0 atom stereocenters. The third-order valence-corrected chi connectivity index (χ3v) is 7.04. The average molecular weight is 370 g/mol. The molecule has 0 saturated heterocycles. The Hall–Kier alpha value is -1.41. The van der Waals surface area contributed by atoms with Gasteiger partial charge in [-0.3, -0.25) is 4.48 Å². The Morgan fingerprint density at radius 3 is 2.28 bits per heavy atom. The number of carbonyl (C=O) groups is 1. The number of ether oxygens (including phenoxy) is 1. The lowest BCUT2D eigenvalue weighted by Gasteiger charge is -2.29. The van der Waals surface area contributed by atoms with Crippen molar-refractivity contribution >= 4 is 20.3 Å². The molecule has 0 unspecified atom stereocenters. The molecule has 0 aliphatic rings. The van der Waals surface area contributed by atoms with E-state index >= 15 is 0 Å². The van der Waals surface area contributed by atoms with Gasteiger partial charge in [0.15, 0.2) is 0 Å². The van der Waals surface area contributed by atoms with Crippen LogP contribution in [-0.2, 0) is 13.6 Å². The summed E-state index contributed by atoms with van der Waals surface area (Å²) < 4.78 is 17.5. The molecule has 0 aromatic heterocycles. The molecule has 142 valence electrons. The summed E-state index contributed by atoms with van der Waals surface area (Å²) in [5.41, 5.74) is 1.18. The zero-order chi connectivity index (χ0) is 18.8. The van der Waals surface area contributed by atoms with Crippen molar-refractivity contribution in [1.82, 2.24) is 9.80 Å². The number of quaternary nitrogens is 1. The Kier molecular flexibility index (Phi) is 9.13. The van der Waals surface area contributed by atoms with E-state index in [0.717, 1.165) is 0 Å². The summed E-state index contributed by atoms with van der Waals surface area (Å²) in [6.07, 6.45) is -0.391. The second kappa shape index (κ2) is 10.5. The molecule has 1 rings (SSSR count). The molecule has 0 spiro atoms. The van der Waals surface area contributed by atoms with Crippen LogP contribution in [0.25, 0.3) is 0 Å². The van der Waals surface area contributed by atoms with Crippen molar-refractivity contribution in [3.8, 4) is 0 Å². The lowest BCUT2D eigenvalue weighted by Crippen LogP contribution is -2.44. The highest BCUT2D eigenvalue weighted by Crippen LogP contribution is 2.17. The summed E-state index contributed by atoms with van der Waals surface area (Å²) in [5.74, 6) is 0. The molecular weight excluding hydrogens is 336 g/mol. The van der Waals surface area contributed by atoms with Gasteiger partial charge in [0, 0.05) is 25.8 Å². The number of alkyl carbamates (subject to hydrolysis) is 1. The number of nitrogens with one attached hydrogen (secondary N) is 1. The summed E-state index contributed by atoms with van der Waals surface area (Å²) in [5, 5.41) is 2.79. The van der Waals surface area contributed by atoms with Gasteiger partial charge in [-0.05, 0) is 32.5 Å². The number of benzene rings is 1. The van der Waals surface area contributed by atoms with Crippen LogP contribution >= 0.6 is 0 Å². The van der Waals surface area contributed by atoms with Crippen LogP contribution in [0.4, 0.5) is 10.5 Å². The van der Waals surface area contributed by atoms with Gasteiger partial charge in [0.05, 0.1) is 14.1 Å². The van der Waals surface area contributed by atoms with E-state index < -0.39 is 14.7 Å². The lowest BCUT2D eigenvalue weighted by atomic mass is 10.2. The van der Waals surface area contributed by atoms with Crippen LogP contribution in [0.2, 0.25) is 12.6 Å². The highest BCUT2D eigenvalue weighted by molar-refractivity contribution is 6.66. The molecule has 0 aliphatic carbocycles. The zero-order valence-electron chi connectivity index (χ0n) is 16.2. The summed E-state index contributed by atoms with van der Waals surface area (Å²) in [7, 11) is 2.00. The smallest absolute Gasteiger partial charge is 0.407 e. The molecule has 1 N–H and O–H groups in total. The van der Waals surface area contributed by atoms with Crippen molar-refractivity contribution in [1.29, 1.82) is 0 Å². The van der Waals surface area contributed by atoms with E-state index in [2.05, 4.69) is 31.5 Å². The molecule has 1 aromatic carbocycles. The molecule has 1 amide bonds. The topological polar surface area (TPSA) is 56.8 Å². The molecule has 6 nitrogen and oxygen atoms in total. The fraction of sp³-hybridized carbons (Fsp3) is 0.611. The molecule has 1 aromatic rings. The molecule has 0 fully saturated rings. The van der Waals surface area contributed by atoms with Crippen LogP contribution in [0, 0.1) is 0 Å². The number of rotatable bonds is 11. The van der Waals surface area contributed by atoms with Gasteiger partial charge in [0.2, 0.25) is 0 Å². The SMILES string of the molecule is CCO[Si](C)(CCNC(=O)OCC[N+](C)(C)c1ccccc1)OCC. The van der Waals surface area contributed by atoms with Gasteiger partial charge in [-0.25, -0.2) is 4.79 Å². The Morgan fingerprint density at radius 2 is 1.72 bits per heavy atom. The van der Waals surface area contributed by atoms with E-state index in [4.69, 9.17) is 13.6 Å². The van der Waals surface area contributed by atoms with E-state index in [-0.39, 0.29) is 0 Å². The van der Waals surface area contributed by atoms with Crippen LogP contribution in [0.5, 0.6) is 0 Å². The van der Waals surface area contributed by atoms with Crippen LogP contribution in [0.15, 0.2) is 30.3 Å². The number of nitrogens with zero attached hydrogens (tertiary/aromatic N) is 1. The first-order valence-corrected chi connectivity index (χ1v) is 11.4. The van der Waals surface area contributed by atoms with Gasteiger partial charge in [0.1, 0.15) is 18.8 Å². The fourth-order valence-electron chi connectivity index (χ4n) is 2.57. The van der Waals surface area contributed by atoms with Crippen molar-refractivity contribution < 1.29 is 18.4 Å². The van der Waals surface area contributed by atoms with Crippen molar-refractivity contribution in [2.45, 2.75) is 26.4 Å². The minimum Gasteiger partial charge on any atom is -0.444 e. The molecule has 0 heterocycles. The molecule has 7 heteroatoms. The Balaban J connectivity index is 2.31. The second-order valence-corrected chi connectivity index (χ2v) is 9.90. The maximum absolute atomic E-state index is 11.9. The average Bonchev–Trinajstić information content (AvgIpc) is 2.56. The Bertz CT molecular complexity index is 505. The van der Waals surface area contributed by atoms with Gasteiger partial charge >= 0.3 is 14.7 Å². The molecule has 25 heavy (non-hydrogen) atoms. The minimum atomic E-state index is -2.19. The third kappa shape index (κ3) is 8.00. The summed E-state index contributed by atoms with van der Waals surface area (Å²) in [6.45, 7) is 8.75. The number of likely N-dealkylation sites (N-methyl/N-ethyl adjacent to an activating group) is 1. The lowest BCUT2D eigenvalue weighted by molar-refractivity contribution is 0.137. The number of amides is 1. The van der Waals surface area contributed by atoms with Crippen LogP contribution < -0.4 is 9.80 Å². The maximum Gasteiger partial charge on any atom is 0.407 e. The summed E-state index contributed by atoms with van der Waals surface area (Å²) >= 11 is 0. The number of para-hydroxylation sites is 1. The minimum absolute atomic E-state index is 0.360. The number of hydrogen-bond donors (Lipinski definition) is 1. The van der Waals surface area contributed by atoms with Crippen LogP contribution in [-0.4, -0.2) is 61.7 Å². The predicted molar refractivity (Wildman–Crippen MR) is 104 cm³/mol. The first-order chi connectivity index (χ1) is 11.8. The normalized spacial score (nSPS) is 12.0. The van der Waals surface area contributed by atoms with Crippen molar-refractivity contribution in [3.05, 3.63) is 30.3 Å². The zero-order valence-corrected chi connectivity index (χ0v) is 17.2. The first kappa shape index (κ1) is 21.6. The Morgan fingerprint density at radius 1 is 1.12 bits per heavy atom. The van der Waals surface area contributed by atoms with E-state index in [1.54, 1.807) is 0 Å². The van der Waals surface area contributed by atoms with E-state index in [9.17, 15) is 4.79 Å². The maximum atomic E-state index is 11.9. The highest BCUT2D eigenvalue weighted by atomic mass is 28.4. The van der Waals surface area contributed by atoms with Gasteiger partial charge in [0.25, 0.3) is 0 Å². The quantitative estimate of drug-likeness (QED) is 0.481. The number of hydrogen-bond acceptors (Lipinski definition) is 4. The van der Waals surface area contributed by atoms with Gasteiger partial charge < -0.3 is 18.9 Å². The van der Waals surface area contributed by atoms with Crippen molar-refractivity contribution in [3.63, 3.8) is 0 Å². The molecule has 0 aliphatic heterocycles. The first-order valence-electron chi connectivity index (χ1n) is 8.90. The van der Waals surface area contributed by atoms with E-state index in [1.165, 1.54) is 5.69 Å².